The van der Waals surface area contributed by atoms with Gasteiger partial charge in [0.25, 0.3) is 12.5 Å². The summed E-state index contributed by atoms with van der Waals surface area (Å²) in [6, 6.07) is 22.6. The Morgan fingerprint density at radius 1 is 1.00 bits per heavy atom. The van der Waals surface area contributed by atoms with Crippen LogP contribution in [-0.2, 0) is 15.1 Å². The fraction of sp³-hybridized carbons (Fsp3) is 0.200. The molecule has 0 fully saturated rings. The molecule has 1 aliphatic heterocycles. The molecule has 7 nitrogen and oxygen atoms in total. The van der Waals surface area contributed by atoms with Crippen LogP contribution in [0.5, 0.6) is 11.5 Å². The van der Waals surface area contributed by atoms with Gasteiger partial charge in [-0.05, 0) is 65.1 Å². The van der Waals surface area contributed by atoms with Crippen LogP contribution in [0.3, 0.4) is 0 Å². The van der Waals surface area contributed by atoms with Gasteiger partial charge in [-0.15, -0.1) is 0 Å². The summed E-state index contributed by atoms with van der Waals surface area (Å²) >= 11 is 0. The van der Waals surface area contributed by atoms with Crippen molar-refractivity contribution >= 4 is 12.5 Å². The van der Waals surface area contributed by atoms with Gasteiger partial charge in [-0.2, -0.15) is 0 Å². The Labute approximate surface area is 187 Å². The summed E-state index contributed by atoms with van der Waals surface area (Å²) in [5.41, 5.74) is 10.5. The highest BCUT2D eigenvalue weighted by Crippen LogP contribution is 2.40. The molecule has 0 bridgehead atoms. The monoisotopic (exact) mass is 434 g/mol. The quantitative estimate of drug-likeness (QED) is 0.589. The van der Waals surface area contributed by atoms with Gasteiger partial charge < -0.3 is 25.1 Å². The maximum absolute atomic E-state index is 8.36. The molecule has 1 unspecified atom stereocenters. The Morgan fingerprint density at radius 2 is 1.66 bits per heavy atom. The number of carbonyl (C=O) groups is 1. The molecule has 4 rings (SSSR count). The highest BCUT2D eigenvalue weighted by Gasteiger charge is 2.40. The van der Waals surface area contributed by atoms with Gasteiger partial charge in [-0.1, -0.05) is 36.4 Å². The number of aryl methyl sites for hydroxylation is 1. The zero-order valence-corrected chi connectivity index (χ0v) is 18.2. The van der Waals surface area contributed by atoms with E-state index in [4.69, 9.17) is 34.8 Å². The molecule has 0 saturated heterocycles. The van der Waals surface area contributed by atoms with Crippen molar-refractivity contribution in [2.24, 2.45) is 10.7 Å². The van der Waals surface area contributed by atoms with E-state index in [0.29, 0.717) is 6.61 Å². The van der Waals surface area contributed by atoms with Crippen molar-refractivity contribution in [1.82, 2.24) is 0 Å². The second-order valence-corrected chi connectivity index (χ2v) is 7.20. The summed E-state index contributed by atoms with van der Waals surface area (Å²) in [7, 11) is 3.34. The van der Waals surface area contributed by atoms with Crippen LogP contribution in [0.4, 0.5) is 0 Å². The molecule has 166 valence electrons. The van der Waals surface area contributed by atoms with Crippen molar-refractivity contribution in [3.63, 3.8) is 0 Å². The normalized spacial score (nSPS) is 16.8. The van der Waals surface area contributed by atoms with Gasteiger partial charge in [0.1, 0.15) is 18.1 Å². The molecule has 0 spiro atoms. The van der Waals surface area contributed by atoms with E-state index in [1.807, 2.05) is 43.3 Å². The smallest absolute Gasteiger partial charge is 0.290 e. The molecule has 3 aromatic rings. The molecule has 1 atom stereocenters. The van der Waals surface area contributed by atoms with Gasteiger partial charge in [-0.3, -0.25) is 4.79 Å². The molecule has 0 amide bonds. The van der Waals surface area contributed by atoms with Crippen LogP contribution in [0.25, 0.3) is 11.1 Å². The summed E-state index contributed by atoms with van der Waals surface area (Å²) in [6.07, 6.45) is 0. The molecule has 0 radical (unpaired) electrons. The highest BCUT2D eigenvalue weighted by atomic mass is 16.5. The van der Waals surface area contributed by atoms with Crippen LogP contribution in [0.15, 0.2) is 71.7 Å². The van der Waals surface area contributed by atoms with E-state index < -0.39 is 5.54 Å². The van der Waals surface area contributed by atoms with Gasteiger partial charge in [0.15, 0.2) is 5.54 Å². The SMILES string of the molecule is COc1cccc(-c2cccc(C3(c4ccc(OC)c(C)c4)COC(N)=N3)c2)c1.O=CO. The van der Waals surface area contributed by atoms with Gasteiger partial charge >= 0.3 is 0 Å². The maximum Gasteiger partial charge on any atom is 0.290 e. The lowest BCUT2D eigenvalue weighted by Crippen LogP contribution is -2.27. The van der Waals surface area contributed by atoms with Crippen molar-refractivity contribution in [3.05, 3.63) is 83.4 Å². The lowest BCUT2D eigenvalue weighted by Gasteiger charge is -2.26. The third-order valence-electron chi connectivity index (χ3n) is 5.35. The van der Waals surface area contributed by atoms with Gasteiger partial charge in [0.2, 0.25) is 0 Å². The number of methoxy groups -OCH3 is 2. The maximum atomic E-state index is 8.36. The van der Waals surface area contributed by atoms with Crippen molar-refractivity contribution in [2.75, 3.05) is 20.8 Å². The number of nitrogens with zero attached hydrogens (tertiary/aromatic N) is 1. The van der Waals surface area contributed by atoms with Gasteiger partial charge in [-0.25, -0.2) is 4.99 Å². The number of ether oxygens (including phenoxy) is 3. The van der Waals surface area contributed by atoms with Crippen molar-refractivity contribution in [1.29, 1.82) is 0 Å². The average Bonchev–Trinajstić information content (AvgIpc) is 3.22. The first-order chi connectivity index (χ1) is 15.5. The minimum atomic E-state index is -0.698. The van der Waals surface area contributed by atoms with Crippen molar-refractivity contribution in [3.8, 4) is 22.6 Å². The van der Waals surface area contributed by atoms with E-state index in [-0.39, 0.29) is 12.5 Å². The van der Waals surface area contributed by atoms with Crippen LogP contribution >= 0.6 is 0 Å². The molecule has 1 aliphatic rings. The third-order valence-corrected chi connectivity index (χ3v) is 5.35. The summed E-state index contributed by atoms with van der Waals surface area (Å²) in [4.78, 5) is 13.1. The molecule has 3 N–H and O–H groups in total. The standard InChI is InChI=1S/C24H24N2O3.CH2O2/c1-16-12-20(10-11-22(16)28-3)24(15-29-23(25)26-24)19-8-4-6-17(13-19)18-7-5-9-21(14-18)27-2;2-1-3/h4-14H,15H2,1-3H3,(H2,25,26);1H,(H,2,3). The van der Waals surface area contributed by atoms with Crippen LogP contribution in [0, 0.1) is 6.92 Å². The molecule has 3 aromatic carbocycles. The third kappa shape index (κ3) is 4.51. The highest BCUT2D eigenvalue weighted by molar-refractivity contribution is 5.76. The van der Waals surface area contributed by atoms with Crippen LogP contribution in [0.1, 0.15) is 16.7 Å². The first-order valence-corrected chi connectivity index (χ1v) is 9.93. The second-order valence-electron chi connectivity index (χ2n) is 7.20. The predicted molar refractivity (Wildman–Crippen MR) is 123 cm³/mol. The summed E-state index contributed by atoms with van der Waals surface area (Å²) in [5, 5.41) is 6.89. The number of amidine groups is 1. The minimum Gasteiger partial charge on any atom is -0.497 e. The number of hydrogen-bond acceptors (Lipinski definition) is 6. The summed E-state index contributed by atoms with van der Waals surface area (Å²) in [6.45, 7) is 2.12. The second kappa shape index (κ2) is 9.87. The molecule has 32 heavy (non-hydrogen) atoms. The van der Waals surface area contributed by atoms with E-state index in [9.17, 15) is 0 Å². The van der Waals surface area contributed by atoms with Gasteiger partial charge in [0.05, 0.1) is 14.2 Å². The zero-order chi connectivity index (χ0) is 23.1. The Balaban J connectivity index is 0.000000913. The molecular weight excluding hydrogens is 408 g/mol. The molecular formula is C25H26N2O5. The Morgan fingerprint density at radius 3 is 2.25 bits per heavy atom. The largest absolute Gasteiger partial charge is 0.497 e. The summed E-state index contributed by atoms with van der Waals surface area (Å²) in [5.74, 6) is 1.66. The lowest BCUT2D eigenvalue weighted by molar-refractivity contribution is -0.122. The van der Waals surface area contributed by atoms with Gasteiger partial charge in [0, 0.05) is 0 Å². The molecule has 0 aliphatic carbocycles. The number of hydrogen-bond donors (Lipinski definition) is 2. The van der Waals surface area contributed by atoms with Crippen LogP contribution < -0.4 is 15.2 Å². The topological polar surface area (TPSA) is 103 Å². The number of rotatable bonds is 5. The van der Waals surface area contributed by atoms with Crippen LogP contribution in [0.2, 0.25) is 0 Å². The molecule has 1 heterocycles. The van der Waals surface area contributed by atoms with E-state index in [1.165, 1.54) is 0 Å². The van der Waals surface area contributed by atoms with Crippen molar-refractivity contribution < 1.29 is 24.1 Å². The Bertz CT molecular complexity index is 1130. The molecule has 0 saturated carbocycles. The zero-order valence-electron chi connectivity index (χ0n) is 18.2. The predicted octanol–water partition coefficient (Wildman–Crippen LogP) is 3.97. The first-order valence-electron chi connectivity index (χ1n) is 9.93. The molecule has 0 aromatic heterocycles. The first kappa shape index (κ1) is 22.7. The minimum absolute atomic E-state index is 0.199. The fourth-order valence-electron chi connectivity index (χ4n) is 3.79. The number of carboxylic acid groups (broad SMARTS) is 1. The molecule has 7 heteroatoms. The average molecular weight is 434 g/mol. The Kier molecular flexibility index (Phi) is 7.00. The van der Waals surface area contributed by atoms with E-state index in [0.717, 1.165) is 39.3 Å². The Hall–Kier alpha value is -4.00. The number of nitrogens with two attached hydrogens (primary N) is 1. The van der Waals surface area contributed by atoms with E-state index >= 15 is 0 Å². The van der Waals surface area contributed by atoms with Crippen molar-refractivity contribution in [2.45, 2.75) is 12.5 Å². The lowest BCUT2D eigenvalue weighted by atomic mass is 9.82. The number of aliphatic imine (C=N–C) groups is 1. The van der Waals surface area contributed by atoms with Crippen LogP contribution in [-0.4, -0.2) is 38.4 Å². The number of benzene rings is 3. The fourth-order valence-corrected chi connectivity index (χ4v) is 3.79. The van der Waals surface area contributed by atoms with E-state index in [2.05, 4.69) is 30.3 Å². The summed E-state index contributed by atoms with van der Waals surface area (Å²) < 4.78 is 16.4. The van der Waals surface area contributed by atoms with E-state index in [1.54, 1.807) is 14.2 Å².